The number of hydrogen-bond acceptors (Lipinski definition) is 5. The van der Waals surface area contributed by atoms with Crippen LogP contribution in [0.4, 0.5) is 11.4 Å². The first kappa shape index (κ1) is 15.8. The molecule has 3 rings (SSSR count). The summed E-state index contributed by atoms with van der Waals surface area (Å²) < 4.78 is 0. The molecule has 6 nitrogen and oxygen atoms in total. The molecule has 24 heavy (non-hydrogen) atoms. The number of carbonyl (C=O) groups excluding carboxylic acids is 2. The van der Waals surface area contributed by atoms with Gasteiger partial charge < -0.3 is 10.6 Å². The number of benzene rings is 1. The molecule has 0 aliphatic heterocycles. The Morgan fingerprint density at radius 3 is 2.50 bits per heavy atom. The molecule has 2 aromatic heterocycles. The molecule has 0 aliphatic rings. The lowest BCUT2D eigenvalue weighted by Crippen LogP contribution is -2.17. The summed E-state index contributed by atoms with van der Waals surface area (Å²) in [7, 11) is 0. The number of carbonyl (C=O) groups is 2. The first-order valence-electron chi connectivity index (χ1n) is 7.16. The third-order valence-corrected chi connectivity index (χ3v) is 4.14. The molecule has 0 saturated carbocycles. The van der Waals surface area contributed by atoms with Gasteiger partial charge in [0.2, 0.25) is 0 Å². The number of nitrogens with zero attached hydrogens (tertiary/aromatic N) is 2. The molecular weight excluding hydrogens is 324 g/mol. The maximum atomic E-state index is 12.4. The van der Waals surface area contributed by atoms with E-state index in [9.17, 15) is 9.59 Å². The molecule has 1 aromatic carbocycles. The second kappa shape index (κ2) is 7.01. The highest BCUT2D eigenvalue weighted by Gasteiger charge is 2.16. The summed E-state index contributed by atoms with van der Waals surface area (Å²) in [5.74, 6) is -0.686. The second-order valence-electron chi connectivity index (χ2n) is 5.03. The van der Waals surface area contributed by atoms with Gasteiger partial charge >= 0.3 is 0 Å². The van der Waals surface area contributed by atoms with E-state index in [2.05, 4.69) is 20.6 Å². The largest absolute Gasteiger partial charge is 0.321 e. The predicted molar refractivity (Wildman–Crippen MR) is 93.4 cm³/mol. The van der Waals surface area contributed by atoms with Gasteiger partial charge in [-0.15, -0.1) is 11.3 Å². The van der Waals surface area contributed by atoms with Gasteiger partial charge in [-0.3, -0.25) is 14.6 Å². The third-order valence-electron chi connectivity index (χ3n) is 3.22. The van der Waals surface area contributed by atoms with E-state index in [1.807, 2.05) is 31.2 Å². The van der Waals surface area contributed by atoms with E-state index in [4.69, 9.17) is 0 Å². The van der Waals surface area contributed by atoms with Gasteiger partial charge in [-0.1, -0.05) is 17.7 Å². The fourth-order valence-electron chi connectivity index (χ4n) is 2.01. The summed E-state index contributed by atoms with van der Waals surface area (Å²) in [5, 5.41) is 7.25. The summed E-state index contributed by atoms with van der Waals surface area (Å²) in [6.45, 7) is 1.98. The Kier molecular flexibility index (Phi) is 4.62. The molecule has 0 bridgehead atoms. The third kappa shape index (κ3) is 3.64. The number of aromatic nitrogens is 2. The zero-order valence-electron chi connectivity index (χ0n) is 12.8. The van der Waals surface area contributed by atoms with Crippen LogP contribution in [0.1, 0.15) is 25.7 Å². The number of amides is 2. The van der Waals surface area contributed by atoms with Crippen molar-refractivity contribution in [1.82, 2.24) is 9.97 Å². The van der Waals surface area contributed by atoms with E-state index in [-0.39, 0.29) is 11.6 Å². The molecular formula is C17H14N4O2S. The van der Waals surface area contributed by atoms with E-state index in [1.165, 1.54) is 29.9 Å². The Hall–Kier alpha value is -3.06. The number of hydrogen-bond donors (Lipinski definition) is 2. The van der Waals surface area contributed by atoms with Gasteiger partial charge in [0.15, 0.2) is 0 Å². The summed E-state index contributed by atoms with van der Waals surface area (Å²) in [6.07, 6.45) is 4.29. The van der Waals surface area contributed by atoms with Crippen LogP contribution in [0.3, 0.4) is 0 Å². The topological polar surface area (TPSA) is 84.0 Å². The van der Waals surface area contributed by atoms with Crippen LogP contribution < -0.4 is 10.6 Å². The van der Waals surface area contributed by atoms with Crippen LogP contribution in [0.5, 0.6) is 0 Å². The molecule has 0 fully saturated rings. The van der Waals surface area contributed by atoms with E-state index in [1.54, 1.807) is 11.4 Å². The number of rotatable bonds is 4. The van der Waals surface area contributed by atoms with Crippen molar-refractivity contribution in [3.63, 3.8) is 0 Å². The van der Waals surface area contributed by atoms with Crippen molar-refractivity contribution < 1.29 is 9.59 Å². The molecule has 0 spiro atoms. The van der Waals surface area contributed by atoms with Crippen molar-refractivity contribution in [2.75, 3.05) is 10.6 Å². The number of nitrogens with one attached hydrogen (secondary N) is 2. The molecule has 0 saturated heterocycles. The molecule has 2 N–H and O–H groups in total. The lowest BCUT2D eigenvalue weighted by atomic mass is 10.2. The highest BCUT2D eigenvalue weighted by atomic mass is 32.1. The van der Waals surface area contributed by atoms with Crippen LogP contribution in [0.2, 0.25) is 0 Å². The van der Waals surface area contributed by atoms with Gasteiger partial charge in [0.25, 0.3) is 11.8 Å². The van der Waals surface area contributed by atoms with Crippen LogP contribution in [-0.2, 0) is 0 Å². The first-order chi connectivity index (χ1) is 11.6. The van der Waals surface area contributed by atoms with Gasteiger partial charge in [0.1, 0.15) is 10.6 Å². The maximum absolute atomic E-state index is 12.4. The van der Waals surface area contributed by atoms with Gasteiger partial charge in [0.05, 0.1) is 11.9 Å². The smallest absolute Gasteiger partial charge is 0.275 e. The fourth-order valence-corrected chi connectivity index (χ4v) is 2.76. The summed E-state index contributed by atoms with van der Waals surface area (Å²) in [5.41, 5.74) is 2.44. The van der Waals surface area contributed by atoms with Crippen molar-refractivity contribution in [3.8, 4) is 0 Å². The number of thiophene rings is 1. The Morgan fingerprint density at radius 2 is 1.79 bits per heavy atom. The number of anilines is 2. The van der Waals surface area contributed by atoms with Crippen LogP contribution >= 0.6 is 11.3 Å². The van der Waals surface area contributed by atoms with Crippen molar-refractivity contribution >= 4 is 34.5 Å². The SMILES string of the molecule is Cc1ccc(NC(=O)c2sccc2NC(=O)c2cnccn2)cc1. The zero-order chi connectivity index (χ0) is 16.9. The fraction of sp³-hybridized carbons (Fsp3) is 0.0588. The average molecular weight is 338 g/mol. The van der Waals surface area contributed by atoms with Crippen LogP contribution in [0.15, 0.2) is 54.3 Å². The summed E-state index contributed by atoms with van der Waals surface area (Å²) in [6, 6.07) is 9.18. The molecule has 7 heteroatoms. The van der Waals surface area contributed by atoms with Crippen LogP contribution in [0.25, 0.3) is 0 Å². The Balaban J connectivity index is 1.74. The van der Waals surface area contributed by atoms with E-state index < -0.39 is 5.91 Å². The maximum Gasteiger partial charge on any atom is 0.275 e. The van der Waals surface area contributed by atoms with Gasteiger partial charge in [-0.2, -0.15) is 0 Å². The monoisotopic (exact) mass is 338 g/mol. The van der Waals surface area contributed by atoms with E-state index in [0.717, 1.165) is 5.56 Å². The molecule has 120 valence electrons. The van der Waals surface area contributed by atoms with E-state index in [0.29, 0.717) is 16.3 Å². The molecule has 0 unspecified atom stereocenters. The quantitative estimate of drug-likeness (QED) is 0.764. The zero-order valence-corrected chi connectivity index (χ0v) is 13.6. The normalized spacial score (nSPS) is 10.2. The molecule has 2 heterocycles. The van der Waals surface area contributed by atoms with E-state index >= 15 is 0 Å². The van der Waals surface area contributed by atoms with Gasteiger partial charge in [-0.25, -0.2) is 4.98 Å². The van der Waals surface area contributed by atoms with Crippen molar-refractivity contribution in [3.05, 3.63) is 70.4 Å². The Labute approximate surface area is 142 Å². The lowest BCUT2D eigenvalue weighted by Gasteiger charge is -2.07. The lowest BCUT2D eigenvalue weighted by molar-refractivity contribution is 0.102. The van der Waals surface area contributed by atoms with Crippen molar-refractivity contribution in [1.29, 1.82) is 0 Å². The molecule has 0 atom stereocenters. The second-order valence-corrected chi connectivity index (χ2v) is 5.94. The molecule has 0 radical (unpaired) electrons. The number of aryl methyl sites for hydroxylation is 1. The highest BCUT2D eigenvalue weighted by molar-refractivity contribution is 7.12. The first-order valence-corrected chi connectivity index (χ1v) is 8.04. The standard InChI is InChI=1S/C17H14N4O2S/c1-11-2-4-12(5-3-11)20-17(23)15-13(6-9-24-15)21-16(22)14-10-18-7-8-19-14/h2-10H,1H3,(H,20,23)(H,21,22). The van der Waals surface area contributed by atoms with Crippen molar-refractivity contribution in [2.24, 2.45) is 0 Å². The summed E-state index contributed by atoms with van der Waals surface area (Å²) in [4.78, 5) is 32.8. The van der Waals surface area contributed by atoms with Gasteiger partial charge in [0, 0.05) is 18.1 Å². The van der Waals surface area contributed by atoms with Gasteiger partial charge in [-0.05, 0) is 30.5 Å². The van der Waals surface area contributed by atoms with Crippen LogP contribution in [-0.4, -0.2) is 21.8 Å². The Morgan fingerprint density at radius 1 is 1.00 bits per heavy atom. The minimum Gasteiger partial charge on any atom is -0.321 e. The summed E-state index contributed by atoms with van der Waals surface area (Å²) >= 11 is 1.25. The minimum atomic E-state index is -0.411. The van der Waals surface area contributed by atoms with Crippen LogP contribution in [0, 0.1) is 6.92 Å². The molecule has 0 aliphatic carbocycles. The average Bonchev–Trinajstić information content (AvgIpc) is 3.06. The highest BCUT2D eigenvalue weighted by Crippen LogP contribution is 2.24. The predicted octanol–water partition coefficient (Wildman–Crippen LogP) is 3.35. The molecule has 2 amide bonds. The van der Waals surface area contributed by atoms with Crippen molar-refractivity contribution in [2.45, 2.75) is 6.92 Å². The Bertz CT molecular complexity index is 860. The minimum absolute atomic E-state index is 0.189. The molecule has 3 aromatic rings.